The fraction of sp³-hybridized carbons (Fsp3) is 0.500. The largest absolute Gasteiger partial charge is 0.284 e. The lowest BCUT2D eigenvalue weighted by atomic mass is 10.3. The molecule has 1 aliphatic heterocycles. The van der Waals surface area contributed by atoms with E-state index in [9.17, 15) is 0 Å². The highest BCUT2D eigenvalue weighted by Crippen LogP contribution is 1.97. The van der Waals surface area contributed by atoms with Crippen molar-refractivity contribution in [3.8, 4) is 0 Å². The van der Waals surface area contributed by atoms with Crippen LogP contribution in [0.4, 0.5) is 0 Å². The molecule has 0 N–H and O–H groups in total. The quantitative estimate of drug-likeness (QED) is 0.525. The van der Waals surface area contributed by atoms with Crippen LogP contribution in [0, 0.1) is 0 Å². The molecule has 0 aromatic heterocycles. The summed E-state index contributed by atoms with van der Waals surface area (Å²) in [7, 11) is 0. The van der Waals surface area contributed by atoms with Crippen LogP contribution in [0.3, 0.4) is 0 Å². The molecule has 0 aliphatic carbocycles. The van der Waals surface area contributed by atoms with Gasteiger partial charge in [-0.1, -0.05) is 6.92 Å². The van der Waals surface area contributed by atoms with E-state index >= 15 is 0 Å². The van der Waals surface area contributed by atoms with Crippen molar-refractivity contribution in [2.24, 2.45) is 9.98 Å². The van der Waals surface area contributed by atoms with Gasteiger partial charge in [-0.2, -0.15) is 0 Å². The van der Waals surface area contributed by atoms with Crippen molar-refractivity contribution in [1.82, 2.24) is 0 Å². The van der Waals surface area contributed by atoms with Crippen molar-refractivity contribution in [2.45, 2.75) is 26.3 Å². The van der Waals surface area contributed by atoms with Crippen LogP contribution in [0.1, 0.15) is 20.3 Å². The standard InChI is InChI=1S/C8H12N2/c1-3-8-6-10-7(2)4-5-9-8/h4-7H,3H2,1-2H3. The molecule has 0 radical (unpaired) electrons. The zero-order valence-corrected chi connectivity index (χ0v) is 6.41. The zero-order valence-electron chi connectivity index (χ0n) is 6.41. The molecule has 54 valence electrons. The molecule has 1 rings (SSSR count). The van der Waals surface area contributed by atoms with Crippen LogP contribution in [0.2, 0.25) is 0 Å². The second kappa shape index (κ2) is 3.30. The Balaban J connectivity index is 2.71. The maximum Gasteiger partial charge on any atom is 0.0670 e. The first-order chi connectivity index (χ1) is 4.83. The van der Waals surface area contributed by atoms with E-state index in [0.717, 1.165) is 12.1 Å². The Morgan fingerprint density at radius 1 is 1.60 bits per heavy atom. The smallest absolute Gasteiger partial charge is 0.0670 e. The summed E-state index contributed by atoms with van der Waals surface area (Å²) in [6.45, 7) is 4.12. The van der Waals surface area contributed by atoms with E-state index in [1.165, 1.54) is 0 Å². The minimum absolute atomic E-state index is 0.285. The van der Waals surface area contributed by atoms with Gasteiger partial charge in [0.2, 0.25) is 0 Å². The van der Waals surface area contributed by atoms with Gasteiger partial charge in [0.05, 0.1) is 11.8 Å². The molecule has 0 bridgehead atoms. The number of nitrogens with zero attached hydrogens (tertiary/aromatic N) is 2. The summed E-state index contributed by atoms with van der Waals surface area (Å²) in [5.74, 6) is 0. The Labute approximate surface area is 61.4 Å². The molecule has 2 nitrogen and oxygen atoms in total. The van der Waals surface area contributed by atoms with Crippen molar-refractivity contribution >= 4 is 11.9 Å². The lowest BCUT2D eigenvalue weighted by Gasteiger charge is -1.92. The van der Waals surface area contributed by atoms with Crippen LogP contribution in [-0.4, -0.2) is 18.0 Å². The first kappa shape index (κ1) is 7.19. The summed E-state index contributed by atoms with van der Waals surface area (Å²) in [4.78, 5) is 8.41. The zero-order chi connectivity index (χ0) is 7.40. The highest BCUT2D eigenvalue weighted by atomic mass is 14.8. The average molecular weight is 136 g/mol. The maximum atomic E-state index is 4.23. The van der Waals surface area contributed by atoms with Crippen LogP contribution >= 0.6 is 0 Å². The normalized spacial score (nSPS) is 24.2. The third-order valence-electron chi connectivity index (χ3n) is 1.43. The van der Waals surface area contributed by atoms with Crippen molar-refractivity contribution in [2.75, 3.05) is 0 Å². The van der Waals surface area contributed by atoms with Gasteiger partial charge in [-0.25, -0.2) is 0 Å². The van der Waals surface area contributed by atoms with E-state index in [-0.39, 0.29) is 6.04 Å². The lowest BCUT2D eigenvalue weighted by Crippen LogP contribution is -1.97. The van der Waals surface area contributed by atoms with Gasteiger partial charge in [0.15, 0.2) is 0 Å². The fourth-order valence-electron chi connectivity index (χ4n) is 0.733. The minimum Gasteiger partial charge on any atom is -0.284 e. The summed E-state index contributed by atoms with van der Waals surface area (Å²) in [5, 5.41) is 0. The minimum atomic E-state index is 0.285. The van der Waals surface area contributed by atoms with Crippen LogP contribution in [-0.2, 0) is 0 Å². The van der Waals surface area contributed by atoms with Gasteiger partial charge in [-0.05, 0) is 19.4 Å². The Kier molecular flexibility index (Phi) is 2.37. The number of rotatable bonds is 1. The second-order valence-corrected chi connectivity index (χ2v) is 2.33. The van der Waals surface area contributed by atoms with E-state index < -0.39 is 0 Å². The Morgan fingerprint density at radius 2 is 2.40 bits per heavy atom. The molecular weight excluding hydrogens is 124 g/mol. The maximum absolute atomic E-state index is 4.23. The van der Waals surface area contributed by atoms with Crippen LogP contribution < -0.4 is 0 Å². The van der Waals surface area contributed by atoms with E-state index in [4.69, 9.17) is 0 Å². The third-order valence-corrected chi connectivity index (χ3v) is 1.43. The molecule has 1 atom stereocenters. The molecule has 0 spiro atoms. The monoisotopic (exact) mass is 136 g/mol. The molecule has 0 saturated heterocycles. The van der Waals surface area contributed by atoms with Gasteiger partial charge in [-0.15, -0.1) is 0 Å². The van der Waals surface area contributed by atoms with E-state index in [2.05, 4.69) is 16.9 Å². The molecule has 0 fully saturated rings. The van der Waals surface area contributed by atoms with E-state index in [1.54, 1.807) is 0 Å². The van der Waals surface area contributed by atoms with Gasteiger partial charge in [0.1, 0.15) is 0 Å². The fourth-order valence-corrected chi connectivity index (χ4v) is 0.733. The molecule has 10 heavy (non-hydrogen) atoms. The SMILES string of the molecule is CCC1=NC=CC(C)N=C1. The molecule has 1 heterocycles. The number of hydrogen-bond donors (Lipinski definition) is 0. The van der Waals surface area contributed by atoms with Crippen molar-refractivity contribution in [1.29, 1.82) is 0 Å². The van der Waals surface area contributed by atoms with Crippen LogP contribution in [0.5, 0.6) is 0 Å². The first-order valence-electron chi connectivity index (χ1n) is 3.59. The predicted molar refractivity (Wildman–Crippen MR) is 44.8 cm³/mol. The van der Waals surface area contributed by atoms with Gasteiger partial charge in [0.25, 0.3) is 0 Å². The third kappa shape index (κ3) is 1.79. The van der Waals surface area contributed by atoms with Gasteiger partial charge >= 0.3 is 0 Å². The molecule has 0 saturated carbocycles. The Hall–Kier alpha value is -0.920. The van der Waals surface area contributed by atoms with Crippen LogP contribution in [0.25, 0.3) is 0 Å². The summed E-state index contributed by atoms with van der Waals surface area (Å²) in [5.41, 5.74) is 1.06. The highest BCUT2D eigenvalue weighted by Gasteiger charge is 1.95. The average Bonchev–Trinajstić information content (AvgIpc) is 2.14. The Bertz CT molecular complexity index is 189. The summed E-state index contributed by atoms with van der Waals surface area (Å²) in [6, 6.07) is 0.285. The van der Waals surface area contributed by atoms with Gasteiger partial charge < -0.3 is 0 Å². The van der Waals surface area contributed by atoms with Gasteiger partial charge in [-0.3, -0.25) is 9.98 Å². The lowest BCUT2D eigenvalue weighted by molar-refractivity contribution is 0.934. The highest BCUT2D eigenvalue weighted by molar-refractivity contribution is 6.30. The van der Waals surface area contributed by atoms with Crippen molar-refractivity contribution in [3.05, 3.63) is 12.3 Å². The second-order valence-electron chi connectivity index (χ2n) is 2.33. The summed E-state index contributed by atoms with van der Waals surface area (Å²) in [6.07, 6.45) is 6.63. The molecule has 2 heteroatoms. The van der Waals surface area contributed by atoms with Gasteiger partial charge in [0, 0.05) is 12.4 Å². The molecule has 1 unspecified atom stereocenters. The topological polar surface area (TPSA) is 24.7 Å². The number of aliphatic imine (C=N–C) groups is 2. The van der Waals surface area contributed by atoms with E-state index in [1.807, 2.05) is 25.4 Å². The van der Waals surface area contributed by atoms with Crippen molar-refractivity contribution in [3.63, 3.8) is 0 Å². The Morgan fingerprint density at radius 3 is 3.10 bits per heavy atom. The molecule has 0 aromatic rings. The van der Waals surface area contributed by atoms with Crippen molar-refractivity contribution < 1.29 is 0 Å². The molecule has 0 aromatic carbocycles. The van der Waals surface area contributed by atoms with E-state index in [0.29, 0.717) is 0 Å². The summed E-state index contributed by atoms with van der Waals surface area (Å²) < 4.78 is 0. The number of hydrogen-bond acceptors (Lipinski definition) is 2. The molecular formula is C8H12N2. The molecule has 0 amide bonds. The first-order valence-corrected chi connectivity index (χ1v) is 3.59. The van der Waals surface area contributed by atoms with Crippen LogP contribution in [0.15, 0.2) is 22.3 Å². The molecule has 1 aliphatic rings. The summed E-state index contributed by atoms with van der Waals surface area (Å²) >= 11 is 0. The predicted octanol–water partition coefficient (Wildman–Crippen LogP) is 1.82.